The van der Waals surface area contributed by atoms with Crippen LogP contribution in [0.2, 0.25) is 10.0 Å². The molecule has 0 aliphatic carbocycles. The van der Waals surface area contributed by atoms with Gasteiger partial charge in [0.15, 0.2) is 0 Å². The highest BCUT2D eigenvalue weighted by Crippen LogP contribution is 2.30. The van der Waals surface area contributed by atoms with E-state index in [0.29, 0.717) is 15.8 Å². The summed E-state index contributed by atoms with van der Waals surface area (Å²) in [7, 11) is 0. The van der Waals surface area contributed by atoms with E-state index in [1.165, 1.54) is 30.3 Å². The van der Waals surface area contributed by atoms with E-state index >= 15 is 0 Å². The van der Waals surface area contributed by atoms with Crippen LogP contribution in [0.1, 0.15) is 5.56 Å². The first kappa shape index (κ1) is 12.7. The van der Waals surface area contributed by atoms with Gasteiger partial charge in [0.2, 0.25) is 0 Å². The molecule has 0 amide bonds. The smallest absolute Gasteiger partial charge is 0.148 e. The summed E-state index contributed by atoms with van der Waals surface area (Å²) in [4.78, 5) is 0. The second kappa shape index (κ2) is 5.26. The van der Waals surface area contributed by atoms with E-state index in [4.69, 9.17) is 33.2 Å². The predicted molar refractivity (Wildman–Crippen MR) is 67.7 cm³/mol. The van der Waals surface area contributed by atoms with Crippen molar-refractivity contribution in [2.24, 2.45) is 0 Å². The van der Waals surface area contributed by atoms with Crippen LogP contribution >= 0.6 is 23.2 Å². The van der Waals surface area contributed by atoms with Gasteiger partial charge in [-0.1, -0.05) is 29.3 Å². The second-order valence-corrected chi connectivity index (χ2v) is 4.30. The molecule has 0 aliphatic heterocycles. The molecular formula is C13H6Cl2FNO. The summed E-state index contributed by atoms with van der Waals surface area (Å²) in [6.07, 6.45) is 0. The maximum atomic E-state index is 13.4. The van der Waals surface area contributed by atoms with Crippen molar-refractivity contribution in [3.05, 3.63) is 57.8 Å². The molecule has 2 aromatic carbocycles. The number of benzene rings is 2. The summed E-state index contributed by atoms with van der Waals surface area (Å²) in [5.41, 5.74) is -0.159. The van der Waals surface area contributed by atoms with Crippen molar-refractivity contribution < 1.29 is 9.13 Å². The molecule has 2 nitrogen and oxygen atoms in total. The highest BCUT2D eigenvalue weighted by molar-refractivity contribution is 6.34. The zero-order valence-electron chi connectivity index (χ0n) is 8.95. The van der Waals surface area contributed by atoms with Gasteiger partial charge in [0.25, 0.3) is 0 Å². The van der Waals surface area contributed by atoms with E-state index in [1.807, 2.05) is 0 Å². The third-order valence-corrected chi connectivity index (χ3v) is 2.59. The first-order chi connectivity index (χ1) is 8.60. The molecule has 0 heterocycles. The van der Waals surface area contributed by atoms with Gasteiger partial charge in [-0.15, -0.1) is 0 Å². The maximum absolute atomic E-state index is 13.4. The Hall–Kier alpha value is -1.76. The van der Waals surface area contributed by atoms with Gasteiger partial charge in [-0.05, 0) is 30.3 Å². The van der Waals surface area contributed by atoms with E-state index in [1.54, 1.807) is 12.1 Å². The molecule has 0 fully saturated rings. The fourth-order valence-electron chi connectivity index (χ4n) is 1.41. The van der Waals surface area contributed by atoms with Gasteiger partial charge < -0.3 is 4.74 Å². The summed E-state index contributed by atoms with van der Waals surface area (Å²) in [6.45, 7) is 0. The van der Waals surface area contributed by atoms with Crippen molar-refractivity contribution in [3.63, 3.8) is 0 Å². The van der Waals surface area contributed by atoms with Crippen molar-refractivity contribution in [2.45, 2.75) is 0 Å². The molecule has 90 valence electrons. The zero-order valence-corrected chi connectivity index (χ0v) is 10.5. The average Bonchev–Trinajstić information content (AvgIpc) is 2.27. The van der Waals surface area contributed by atoms with Crippen molar-refractivity contribution in [1.29, 1.82) is 5.26 Å². The lowest BCUT2D eigenvalue weighted by molar-refractivity contribution is 0.474. The highest BCUT2D eigenvalue weighted by Gasteiger charge is 2.10. The van der Waals surface area contributed by atoms with Crippen molar-refractivity contribution in [3.8, 4) is 17.6 Å². The normalized spacial score (nSPS) is 9.89. The Bertz CT molecular complexity index is 617. The van der Waals surface area contributed by atoms with Crippen LogP contribution in [-0.4, -0.2) is 0 Å². The van der Waals surface area contributed by atoms with Crippen LogP contribution in [0.25, 0.3) is 0 Å². The van der Waals surface area contributed by atoms with Gasteiger partial charge in [0, 0.05) is 10.0 Å². The van der Waals surface area contributed by atoms with Gasteiger partial charge in [0.05, 0.1) is 0 Å². The topological polar surface area (TPSA) is 33.0 Å². The van der Waals surface area contributed by atoms with Gasteiger partial charge in [-0.2, -0.15) is 5.26 Å². The number of halogens is 3. The Kier molecular flexibility index (Phi) is 3.71. The van der Waals surface area contributed by atoms with E-state index in [-0.39, 0.29) is 11.3 Å². The largest absolute Gasteiger partial charge is 0.456 e. The SMILES string of the molecule is N#Cc1c(F)cccc1Oc1cc(Cl)cc(Cl)c1. The van der Waals surface area contributed by atoms with Crippen molar-refractivity contribution in [2.75, 3.05) is 0 Å². The molecule has 2 rings (SSSR count). The van der Waals surface area contributed by atoms with E-state index in [0.717, 1.165) is 0 Å². The molecule has 5 heteroatoms. The van der Waals surface area contributed by atoms with E-state index in [2.05, 4.69) is 0 Å². The van der Waals surface area contributed by atoms with Crippen molar-refractivity contribution in [1.82, 2.24) is 0 Å². The van der Waals surface area contributed by atoms with Gasteiger partial charge >= 0.3 is 0 Å². The molecular weight excluding hydrogens is 276 g/mol. The van der Waals surface area contributed by atoms with Crippen LogP contribution in [0, 0.1) is 17.1 Å². The van der Waals surface area contributed by atoms with Gasteiger partial charge in [0.1, 0.15) is 28.9 Å². The third-order valence-electron chi connectivity index (χ3n) is 2.15. The zero-order chi connectivity index (χ0) is 13.1. The van der Waals surface area contributed by atoms with Crippen LogP contribution in [0.4, 0.5) is 4.39 Å². The van der Waals surface area contributed by atoms with Crippen LogP contribution in [0.3, 0.4) is 0 Å². The molecule has 0 spiro atoms. The Morgan fingerprint density at radius 1 is 1.11 bits per heavy atom. The molecule has 0 aromatic heterocycles. The Morgan fingerprint density at radius 3 is 2.39 bits per heavy atom. The molecule has 0 radical (unpaired) electrons. The monoisotopic (exact) mass is 281 g/mol. The van der Waals surface area contributed by atoms with Crippen LogP contribution in [0.15, 0.2) is 36.4 Å². The fourth-order valence-corrected chi connectivity index (χ4v) is 1.92. The number of nitrogens with zero attached hydrogens (tertiary/aromatic N) is 1. The Balaban J connectivity index is 2.40. The standard InChI is InChI=1S/C13H6Cl2FNO/c14-8-4-9(15)6-10(5-8)18-13-3-1-2-12(16)11(13)7-17/h1-6H. The molecule has 0 saturated heterocycles. The molecule has 0 atom stereocenters. The number of nitriles is 1. The first-order valence-corrected chi connectivity index (χ1v) is 5.68. The first-order valence-electron chi connectivity index (χ1n) is 4.92. The number of hydrogen-bond acceptors (Lipinski definition) is 2. The average molecular weight is 282 g/mol. The minimum absolute atomic E-state index is 0.121. The molecule has 18 heavy (non-hydrogen) atoms. The summed E-state index contributed by atoms with van der Waals surface area (Å²) in [5, 5.41) is 9.66. The summed E-state index contributed by atoms with van der Waals surface area (Å²) >= 11 is 11.6. The molecule has 0 aliphatic rings. The molecule has 2 aromatic rings. The molecule has 0 N–H and O–H groups in total. The predicted octanol–water partition coefficient (Wildman–Crippen LogP) is 4.80. The minimum Gasteiger partial charge on any atom is -0.456 e. The third kappa shape index (κ3) is 2.73. The lowest BCUT2D eigenvalue weighted by atomic mass is 10.2. The van der Waals surface area contributed by atoms with Crippen molar-refractivity contribution >= 4 is 23.2 Å². The Morgan fingerprint density at radius 2 is 1.78 bits per heavy atom. The molecule has 0 saturated carbocycles. The quantitative estimate of drug-likeness (QED) is 0.792. The minimum atomic E-state index is -0.636. The summed E-state index contributed by atoms with van der Waals surface area (Å²) in [6, 6.07) is 10.5. The fraction of sp³-hybridized carbons (Fsp3) is 0. The molecule has 0 bridgehead atoms. The van der Waals surface area contributed by atoms with E-state index in [9.17, 15) is 4.39 Å². The Labute approximate surface area is 113 Å². The second-order valence-electron chi connectivity index (χ2n) is 3.43. The lowest BCUT2D eigenvalue weighted by Gasteiger charge is -2.08. The van der Waals surface area contributed by atoms with E-state index < -0.39 is 5.82 Å². The number of ether oxygens (including phenoxy) is 1. The summed E-state index contributed by atoms with van der Waals surface area (Å²) in [5.74, 6) is -0.173. The lowest BCUT2D eigenvalue weighted by Crippen LogP contribution is -1.91. The number of rotatable bonds is 2. The van der Waals surface area contributed by atoms with Gasteiger partial charge in [-0.3, -0.25) is 0 Å². The molecule has 0 unspecified atom stereocenters. The maximum Gasteiger partial charge on any atom is 0.148 e. The van der Waals surface area contributed by atoms with Crippen LogP contribution in [0.5, 0.6) is 11.5 Å². The van der Waals surface area contributed by atoms with Crippen LogP contribution in [-0.2, 0) is 0 Å². The highest BCUT2D eigenvalue weighted by atomic mass is 35.5. The summed E-state index contributed by atoms with van der Waals surface area (Å²) < 4.78 is 18.8. The number of hydrogen-bond donors (Lipinski definition) is 0. The van der Waals surface area contributed by atoms with Gasteiger partial charge in [-0.25, -0.2) is 4.39 Å². The van der Waals surface area contributed by atoms with Crippen LogP contribution < -0.4 is 4.74 Å².